The Morgan fingerprint density at radius 2 is 1.86 bits per heavy atom. The molecular formula is C18H27F2N. The second-order valence-corrected chi connectivity index (χ2v) is 6.72. The third-order valence-electron chi connectivity index (χ3n) is 4.38. The van der Waals surface area contributed by atoms with Gasteiger partial charge in [0.2, 0.25) is 0 Å². The summed E-state index contributed by atoms with van der Waals surface area (Å²) in [5.41, 5.74) is 0.753. The van der Waals surface area contributed by atoms with Gasteiger partial charge < -0.3 is 0 Å². The molecule has 1 aromatic rings. The molecule has 1 nitrogen and oxygen atoms in total. The van der Waals surface area contributed by atoms with Crippen molar-refractivity contribution < 1.29 is 8.78 Å². The van der Waals surface area contributed by atoms with Crippen LogP contribution in [0, 0.1) is 17.6 Å². The predicted molar refractivity (Wildman–Crippen MR) is 83.1 cm³/mol. The van der Waals surface area contributed by atoms with Crippen molar-refractivity contribution in [2.75, 3.05) is 6.54 Å². The van der Waals surface area contributed by atoms with E-state index in [0.29, 0.717) is 12.6 Å². The van der Waals surface area contributed by atoms with Crippen LogP contribution in [0.2, 0.25) is 0 Å². The number of rotatable bonds is 6. The largest absolute Gasteiger partial charge is 0.296 e. The average Bonchev–Trinajstić information content (AvgIpc) is 2.39. The van der Waals surface area contributed by atoms with E-state index in [1.807, 2.05) is 0 Å². The van der Waals surface area contributed by atoms with Gasteiger partial charge in [0.25, 0.3) is 0 Å². The standard InChI is InChI=1S/C18H27F2N/c1-14(2)6-5-8-18-7-3-4-9-21(18)13-15-10-16(19)12-17(20)11-15/h10-12,14,18H,3-9,13H2,1-2H3. The normalized spacial score (nSPS) is 20.1. The molecule has 0 amide bonds. The van der Waals surface area contributed by atoms with E-state index in [-0.39, 0.29) is 0 Å². The smallest absolute Gasteiger partial charge is 0.126 e. The summed E-state index contributed by atoms with van der Waals surface area (Å²) in [4.78, 5) is 2.41. The molecule has 0 N–H and O–H groups in total. The summed E-state index contributed by atoms with van der Waals surface area (Å²) in [5.74, 6) is -0.198. The summed E-state index contributed by atoms with van der Waals surface area (Å²) in [7, 11) is 0. The van der Waals surface area contributed by atoms with E-state index in [9.17, 15) is 8.78 Å². The van der Waals surface area contributed by atoms with Gasteiger partial charge in [-0.2, -0.15) is 0 Å². The van der Waals surface area contributed by atoms with Crippen molar-refractivity contribution in [2.45, 2.75) is 65.0 Å². The Hall–Kier alpha value is -0.960. The highest BCUT2D eigenvalue weighted by Crippen LogP contribution is 2.24. The Kier molecular flexibility index (Phi) is 6.16. The third-order valence-corrected chi connectivity index (χ3v) is 4.38. The van der Waals surface area contributed by atoms with Gasteiger partial charge in [-0.05, 0) is 49.4 Å². The monoisotopic (exact) mass is 295 g/mol. The lowest BCUT2D eigenvalue weighted by atomic mass is 9.95. The van der Waals surface area contributed by atoms with Crippen LogP contribution in [-0.4, -0.2) is 17.5 Å². The van der Waals surface area contributed by atoms with Gasteiger partial charge in [-0.1, -0.05) is 33.1 Å². The zero-order valence-electron chi connectivity index (χ0n) is 13.2. The van der Waals surface area contributed by atoms with Gasteiger partial charge >= 0.3 is 0 Å². The number of nitrogens with zero attached hydrogens (tertiary/aromatic N) is 1. The summed E-state index contributed by atoms with van der Waals surface area (Å²) in [5, 5.41) is 0. The molecule has 21 heavy (non-hydrogen) atoms. The van der Waals surface area contributed by atoms with E-state index in [0.717, 1.165) is 24.1 Å². The van der Waals surface area contributed by atoms with Crippen LogP contribution in [0.5, 0.6) is 0 Å². The minimum atomic E-state index is -0.474. The molecule has 1 aliphatic heterocycles. The maximum Gasteiger partial charge on any atom is 0.126 e. The Morgan fingerprint density at radius 3 is 2.52 bits per heavy atom. The van der Waals surface area contributed by atoms with E-state index in [4.69, 9.17) is 0 Å². The molecule has 0 aromatic heterocycles. The molecule has 0 bridgehead atoms. The number of piperidine rings is 1. The van der Waals surface area contributed by atoms with Gasteiger partial charge in [0.15, 0.2) is 0 Å². The highest BCUT2D eigenvalue weighted by atomic mass is 19.1. The predicted octanol–water partition coefficient (Wildman–Crippen LogP) is 5.15. The first-order valence-electron chi connectivity index (χ1n) is 8.23. The zero-order chi connectivity index (χ0) is 15.2. The second-order valence-electron chi connectivity index (χ2n) is 6.72. The molecule has 3 heteroatoms. The fourth-order valence-electron chi connectivity index (χ4n) is 3.29. The first kappa shape index (κ1) is 16.4. The average molecular weight is 295 g/mol. The van der Waals surface area contributed by atoms with Crippen LogP contribution >= 0.6 is 0 Å². The number of hydrogen-bond donors (Lipinski definition) is 0. The first-order chi connectivity index (χ1) is 10.0. The van der Waals surface area contributed by atoms with Crippen molar-refractivity contribution >= 4 is 0 Å². The van der Waals surface area contributed by atoms with Crippen LogP contribution < -0.4 is 0 Å². The molecule has 1 aliphatic rings. The number of likely N-dealkylation sites (tertiary alicyclic amines) is 1. The quantitative estimate of drug-likeness (QED) is 0.702. The number of hydrogen-bond acceptors (Lipinski definition) is 1. The van der Waals surface area contributed by atoms with E-state index in [2.05, 4.69) is 18.7 Å². The molecule has 1 unspecified atom stereocenters. The Labute approximate surface area is 127 Å². The topological polar surface area (TPSA) is 3.24 Å². The van der Waals surface area contributed by atoms with Crippen molar-refractivity contribution in [1.29, 1.82) is 0 Å². The second kappa shape index (κ2) is 7.88. The molecule has 2 rings (SSSR count). The molecule has 1 atom stereocenters. The lowest BCUT2D eigenvalue weighted by molar-refractivity contribution is 0.128. The minimum Gasteiger partial charge on any atom is -0.296 e. The molecule has 1 heterocycles. The van der Waals surface area contributed by atoms with Crippen LogP contribution in [0.1, 0.15) is 57.9 Å². The van der Waals surface area contributed by atoms with Crippen LogP contribution in [0.15, 0.2) is 18.2 Å². The van der Waals surface area contributed by atoms with E-state index < -0.39 is 11.6 Å². The van der Waals surface area contributed by atoms with Crippen LogP contribution in [-0.2, 0) is 6.54 Å². The molecule has 0 spiro atoms. The van der Waals surface area contributed by atoms with Gasteiger partial charge in [0, 0.05) is 18.7 Å². The fourth-order valence-corrected chi connectivity index (χ4v) is 3.29. The summed E-state index contributed by atoms with van der Waals surface area (Å²) in [6.07, 6.45) is 7.40. The minimum absolute atomic E-state index is 0.474. The number of halogens is 2. The molecular weight excluding hydrogens is 268 g/mol. The summed E-state index contributed by atoms with van der Waals surface area (Å²) >= 11 is 0. The summed E-state index contributed by atoms with van der Waals surface area (Å²) in [6, 6.07) is 4.44. The lowest BCUT2D eigenvalue weighted by Gasteiger charge is -2.36. The van der Waals surface area contributed by atoms with Crippen molar-refractivity contribution in [3.63, 3.8) is 0 Å². The first-order valence-corrected chi connectivity index (χ1v) is 8.23. The van der Waals surface area contributed by atoms with Crippen LogP contribution in [0.3, 0.4) is 0 Å². The highest BCUT2D eigenvalue weighted by molar-refractivity contribution is 5.18. The van der Waals surface area contributed by atoms with Crippen molar-refractivity contribution in [3.8, 4) is 0 Å². The van der Waals surface area contributed by atoms with E-state index >= 15 is 0 Å². The van der Waals surface area contributed by atoms with Crippen LogP contribution in [0.4, 0.5) is 8.78 Å². The van der Waals surface area contributed by atoms with Gasteiger partial charge in [0.1, 0.15) is 11.6 Å². The summed E-state index contributed by atoms with van der Waals surface area (Å²) in [6.45, 7) is 6.23. The van der Waals surface area contributed by atoms with Gasteiger partial charge in [-0.15, -0.1) is 0 Å². The molecule has 0 aliphatic carbocycles. The van der Waals surface area contributed by atoms with Crippen LogP contribution in [0.25, 0.3) is 0 Å². The Balaban J connectivity index is 1.94. The van der Waals surface area contributed by atoms with E-state index in [1.54, 1.807) is 0 Å². The Bertz CT molecular complexity index is 425. The molecule has 0 radical (unpaired) electrons. The van der Waals surface area contributed by atoms with Gasteiger partial charge in [-0.25, -0.2) is 8.78 Å². The SMILES string of the molecule is CC(C)CCCC1CCCCN1Cc1cc(F)cc(F)c1. The third kappa shape index (κ3) is 5.39. The molecule has 1 saturated heterocycles. The lowest BCUT2D eigenvalue weighted by Crippen LogP contribution is -2.38. The maximum atomic E-state index is 13.3. The summed E-state index contributed by atoms with van der Waals surface area (Å²) < 4.78 is 26.6. The maximum absolute atomic E-state index is 13.3. The van der Waals surface area contributed by atoms with Gasteiger partial charge in [-0.3, -0.25) is 4.90 Å². The molecule has 1 aromatic carbocycles. The van der Waals surface area contributed by atoms with Gasteiger partial charge in [0.05, 0.1) is 0 Å². The highest BCUT2D eigenvalue weighted by Gasteiger charge is 2.22. The zero-order valence-corrected chi connectivity index (χ0v) is 13.2. The number of benzene rings is 1. The van der Waals surface area contributed by atoms with Crippen molar-refractivity contribution in [2.24, 2.45) is 5.92 Å². The van der Waals surface area contributed by atoms with Crippen molar-refractivity contribution in [1.82, 2.24) is 4.90 Å². The fraction of sp³-hybridized carbons (Fsp3) is 0.667. The molecule has 1 fully saturated rings. The Morgan fingerprint density at radius 1 is 1.14 bits per heavy atom. The van der Waals surface area contributed by atoms with Crippen molar-refractivity contribution in [3.05, 3.63) is 35.4 Å². The molecule has 0 saturated carbocycles. The van der Waals surface area contributed by atoms with E-state index in [1.165, 1.54) is 50.7 Å². The molecule has 118 valence electrons.